The SMILES string of the molecule is c1ccc(C(c2ccccc2)(c2cccc(C3c4ccccc4-c4ccccc43)c2)c2cccc(C3c4ccccc4-c4ccccc43)c2)cc1. The van der Waals surface area contributed by atoms with Gasteiger partial charge in [-0.1, -0.05) is 206 Å². The lowest BCUT2D eigenvalue weighted by Gasteiger charge is -2.38. The molecule has 10 rings (SSSR count). The Morgan fingerprint density at radius 1 is 0.255 bits per heavy atom. The van der Waals surface area contributed by atoms with E-state index in [2.05, 4.69) is 206 Å². The van der Waals surface area contributed by atoms with Gasteiger partial charge in [-0.15, -0.1) is 0 Å². The molecule has 2 aliphatic rings. The topological polar surface area (TPSA) is 0 Å². The van der Waals surface area contributed by atoms with E-state index in [1.54, 1.807) is 0 Å². The summed E-state index contributed by atoms with van der Waals surface area (Å²) in [5.41, 5.74) is 18.0. The van der Waals surface area contributed by atoms with Crippen molar-refractivity contribution < 1.29 is 0 Å². The Hall–Kier alpha value is -6.24. The Morgan fingerprint density at radius 3 is 0.902 bits per heavy atom. The molecule has 0 saturated heterocycles. The average molecular weight is 649 g/mol. The van der Waals surface area contributed by atoms with Gasteiger partial charge in [-0.3, -0.25) is 0 Å². The summed E-state index contributed by atoms with van der Waals surface area (Å²) in [7, 11) is 0. The molecular weight excluding hydrogens is 613 g/mol. The van der Waals surface area contributed by atoms with Crippen molar-refractivity contribution >= 4 is 0 Å². The Kier molecular flexibility index (Phi) is 6.96. The largest absolute Gasteiger partial charge is 0.0701 e. The van der Waals surface area contributed by atoms with E-state index in [1.165, 1.54) is 77.9 Å². The van der Waals surface area contributed by atoms with Crippen LogP contribution in [-0.4, -0.2) is 0 Å². The zero-order valence-electron chi connectivity index (χ0n) is 28.3. The zero-order valence-corrected chi connectivity index (χ0v) is 28.3. The highest BCUT2D eigenvalue weighted by molar-refractivity contribution is 5.82. The molecule has 0 N–H and O–H groups in total. The van der Waals surface area contributed by atoms with E-state index in [9.17, 15) is 0 Å². The summed E-state index contributed by atoms with van der Waals surface area (Å²) < 4.78 is 0. The predicted molar refractivity (Wildman–Crippen MR) is 210 cm³/mol. The van der Waals surface area contributed by atoms with E-state index < -0.39 is 5.41 Å². The van der Waals surface area contributed by atoms with Crippen molar-refractivity contribution in [2.45, 2.75) is 17.3 Å². The molecular formula is C51H36. The van der Waals surface area contributed by atoms with Crippen LogP contribution in [0.4, 0.5) is 0 Å². The lowest BCUT2D eigenvalue weighted by atomic mass is 9.64. The molecule has 0 atom stereocenters. The minimum atomic E-state index is -0.566. The number of hydrogen-bond acceptors (Lipinski definition) is 0. The van der Waals surface area contributed by atoms with Crippen LogP contribution in [0.5, 0.6) is 0 Å². The van der Waals surface area contributed by atoms with Gasteiger partial charge in [0, 0.05) is 11.8 Å². The fraction of sp³-hybridized carbons (Fsp3) is 0.0588. The van der Waals surface area contributed by atoms with Gasteiger partial charge in [-0.25, -0.2) is 0 Å². The molecule has 0 fully saturated rings. The number of fused-ring (bicyclic) bond motifs is 6. The Labute approximate surface area is 300 Å². The average Bonchev–Trinajstić information content (AvgIpc) is 3.73. The van der Waals surface area contributed by atoms with Gasteiger partial charge in [-0.05, 0) is 77.9 Å². The summed E-state index contributed by atoms with van der Waals surface area (Å²) in [6.45, 7) is 0. The molecule has 8 aromatic carbocycles. The molecule has 0 bridgehead atoms. The summed E-state index contributed by atoms with van der Waals surface area (Å²) in [5, 5.41) is 0. The third-order valence-corrected chi connectivity index (χ3v) is 11.4. The van der Waals surface area contributed by atoms with Crippen LogP contribution in [-0.2, 0) is 5.41 Å². The molecule has 240 valence electrons. The summed E-state index contributed by atoms with van der Waals surface area (Å²) in [6.07, 6.45) is 0. The minimum Gasteiger partial charge on any atom is -0.0622 e. The molecule has 0 unspecified atom stereocenters. The molecule has 0 spiro atoms. The fourth-order valence-corrected chi connectivity index (χ4v) is 9.31. The van der Waals surface area contributed by atoms with Crippen molar-refractivity contribution in [2.75, 3.05) is 0 Å². The van der Waals surface area contributed by atoms with E-state index in [4.69, 9.17) is 0 Å². The van der Waals surface area contributed by atoms with Gasteiger partial charge in [0.05, 0.1) is 5.41 Å². The summed E-state index contributed by atoms with van der Waals surface area (Å²) in [6, 6.07) is 76.9. The van der Waals surface area contributed by atoms with Crippen LogP contribution in [0.2, 0.25) is 0 Å². The molecule has 0 saturated carbocycles. The van der Waals surface area contributed by atoms with Gasteiger partial charge in [0.25, 0.3) is 0 Å². The second-order valence-electron chi connectivity index (χ2n) is 13.9. The molecule has 0 radical (unpaired) electrons. The molecule has 0 aromatic heterocycles. The van der Waals surface area contributed by atoms with Crippen LogP contribution in [0.3, 0.4) is 0 Å². The first kappa shape index (κ1) is 29.7. The van der Waals surface area contributed by atoms with E-state index in [-0.39, 0.29) is 11.8 Å². The second-order valence-corrected chi connectivity index (χ2v) is 13.9. The van der Waals surface area contributed by atoms with E-state index in [0.29, 0.717) is 0 Å². The third kappa shape index (κ3) is 4.53. The molecule has 51 heavy (non-hydrogen) atoms. The molecule has 2 aliphatic carbocycles. The number of hydrogen-bond donors (Lipinski definition) is 0. The zero-order chi connectivity index (χ0) is 33.8. The van der Waals surface area contributed by atoms with E-state index in [0.717, 1.165) is 0 Å². The number of benzene rings is 8. The standard InChI is InChI=1S/C51H36/c1-3-19-37(20-4-1)51(38-21-5-2-6-22-38,39-23-15-17-35(33-39)49-45-29-11-7-25-41(45)42-26-8-12-30-46(42)49)40-24-16-18-36(34-40)50-47-31-13-9-27-43(47)44-28-10-14-32-48(44)50/h1-34,49-50H. The van der Waals surface area contributed by atoms with Gasteiger partial charge in [0.15, 0.2) is 0 Å². The van der Waals surface area contributed by atoms with Gasteiger partial charge in [-0.2, -0.15) is 0 Å². The van der Waals surface area contributed by atoms with Crippen LogP contribution in [0, 0.1) is 0 Å². The fourth-order valence-electron chi connectivity index (χ4n) is 9.31. The first-order chi connectivity index (χ1) is 25.3. The lowest BCUT2D eigenvalue weighted by Crippen LogP contribution is -2.31. The highest BCUT2D eigenvalue weighted by Gasteiger charge is 2.40. The quantitative estimate of drug-likeness (QED) is 0.157. The van der Waals surface area contributed by atoms with Crippen molar-refractivity contribution in [3.8, 4) is 22.3 Å². The molecule has 0 amide bonds. The van der Waals surface area contributed by atoms with Crippen LogP contribution >= 0.6 is 0 Å². The lowest BCUT2D eigenvalue weighted by molar-refractivity contribution is 0.739. The van der Waals surface area contributed by atoms with Crippen molar-refractivity contribution in [1.29, 1.82) is 0 Å². The highest BCUT2D eigenvalue weighted by Crippen LogP contribution is 2.52. The maximum absolute atomic E-state index is 2.50. The summed E-state index contributed by atoms with van der Waals surface area (Å²) >= 11 is 0. The Bertz CT molecular complexity index is 2270. The molecule has 0 heterocycles. The van der Waals surface area contributed by atoms with Gasteiger partial charge in [0.1, 0.15) is 0 Å². The first-order valence-corrected chi connectivity index (χ1v) is 18.0. The second kappa shape index (κ2) is 12.0. The number of rotatable bonds is 6. The maximum Gasteiger partial charge on any atom is 0.0701 e. The Balaban J connectivity index is 1.23. The minimum absolute atomic E-state index is 0.166. The van der Waals surface area contributed by atoms with Crippen molar-refractivity contribution in [1.82, 2.24) is 0 Å². The molecule has 0 nitrogen and oxygen atoms in total. The van der Waals surface area contributed by atoms with Crippen LogP contribution in [0.15, 0.2) is 206 Å². The summed E-state index contributed by atoms with van der Waals surface area (Å²) in [5.74, 6) is 0.332. The normalized spacial score (nSPS) is 13.3. The van der Waals surface area contributed by atoms with Crippen molar-refractivity contribution in [2.24, 2.45) is 0 Å². The van der Waals surface area contributed by atoms with Crippen LogP contribution in [0.25, 0.3) is 22.3 Å². The Morgan fingerprint density at radius 2 is 0.549 bits per heavy atom. The van der Waals surface area contributed by atoms with Gasteiger partial charge >= 0.3 is 0 Å². The molecule has 0 aliphatic heterocycles. The summed E-state index contributed by atoms with van der Waals surface area (Å²) in [4.78, 5) is 0. The smallest absolute Gasteiger partial charge is 0.0622 e. The molecule has 8 aromatic rings. The van der Waals surface area contributed by atoms with Gasteiger partial charge < -0.3 is 0 Å². The third-order valence-electron chi connectivity index (χ3n) is 11.4. The van der Waals surface area contributed by atoms with Crippen LogP contribution in [0.1, 0.15) is 67.5 Å². The highest BCUT2D eigenvalue weighted by atomic mass is 14.4. The first-order valence-electron chi connectivity index (χ1n) is 18.0. The van der Waals surface area contributed by atoms with Crippen molar-refractivity contribution in [3.63, 3.8) is 0 Å². The monoisotopic (exact) mass is 648 g/mol. The maximum atomic E-state index is 2.50. The van der Waals surface area contributed by atoms with E-state index in [1.807, 2.05) is 0 Å². The van der Waals surface area contributed by atoms with Crippen LogP contribution < -0.4 is 0 Å². The van der Waals surface area contributed by atoms with Gasteiger partial charge in [0.2, 0.25) is 0 Å². The van der Waals surface area contributed by atoms with E-state index >= 15 is 0 Å². The van der Waals surface area contributed by atoms with Crippen molar-refractivity contribution in [3.05, 3.63) is 262 Å². The molecule has 0 heteroatoms. The predicted octanol–water partition coefficient (Wildman–Crippen LogP) is 12.4.